The Hall–Kier alpha value is -2.33. The fourth-order valence-electron chi connectivity index (χ4n) is 2.69. The fraction of sp³-hybridized carbons (Fsp3) is 0.353. The van der Waals surface area contributed by atoms with Crippen LogP contribution in [0.5, 0.6) is 0 Å². The summed E-state index contributed by atoms with van der Waals surface area (Å²) in [6, 6.07) is 3.51. The van der Waals surface area contributed by atoms with Gasteiger partial charge in [-0.25, -0.2) is 23.5 Å². The van der Waals surface area contributed by atoms with E-state index in [1.54, 1.807) is 19.1 Å². The minimum absolute atomic E-state index is 0.0475. The van der Waals surface area contributed by atoms with Crippen molar-refractivity contribution in [1.29, 1.82) is 0 Å². The van der Waals surface area contributed by atoms with E-state index in [4.69, 9.17) is 4.74 Å². The van der Waals surface area contributed by atoms with Gasteiger partial charge in [-0.1, -0.05) is 6.07 Å². The number of carbonyl (C=O) groups excluding carboxylic acids is 1. The van der Waals surface area contributed by atoms with Gasteiger partial charge in [0.1, 0.15) is 18.5 Å². The predicted molar refractivity (Wildman–Crippen MR) is 97.4 cm³/mol. The van der Waals surface area contributed by atoms with Crippen molar-refractivity contribution in [3.8, 4) is 0 Å². The van der Waals surface area contributed by atoms with E-state index in [0.29, 0.717) is 10.0 Å². The molecule has 3 rings (SSSR count). The minimum Gasteiger partial charge on any atom is -0.447 e. The number of nitrogens with one attached hydrogen (secondary N) is 1. The second kappa shape index (κ2) is 7.73. The van der Waals surface area contributed by atoms with Crippen LogP contribution in [0.3, 0.4) is 0 Å². The van der Waals surface area contributed by atoms with Crippen LogP contribution < -0.4 is 10.2 Å². The van der Waals surface area contributed by atoms with Crippen LogP contribution in [0.1, 0.15) is 25.5 Å². The van der Waals surface area contributed by atoms with Crippen LogP contribution in [0, 0.1) is 11.6 Å². The highest BCUT2D eigenvalue weighted by atomic mass is 79.9. The van der Waals surface area contributed by atoms with Gasteiger partial charge >= 0.3 is 6.09 Å². The normalized spacial score (nSPS) is 19.0. The molecule has 1 aliphatic rings. The molecule has 7 nitrogen and oxygen atoms in total. The van der Waals surface area contributed by atoms with Crippen molar-refractivity contribution in [3.63, 3.8) is 0 Å². The Morgan fingerprint density at radius 1 is 1.37 bits per heavy atom. The Morgan fingerprint density at radius 3 is 2.78 bits per heavy atom. The second-order valence-electron chi connectivity index (χ2n) is 6.16. The number of carbonyl (C=O) groups is 1. The Bertz CT molecular complexity index is 868. The summed E-state index contributed by atoms with van der Waals surface area (Å²) in [6.07, 6.45) is -0.816. The third kappa shape index (κ3) is 4.01. The topological polar surface area (TPSA) is 87.6 Å². The molecule has 144 valence electrons. The van der Waals surface area contributed by atoms with Gasteiger partial charge in [-0.05, 0) is 47.5 Å². The first-order valence-corrected chi connectivity index (χ1v) is 8.95. The van der Waals surface area contributed by atoms with E-state index >= 15 is 0 Å². The highest BCUT2D eigenvalue weighted by molar-refractivity contribution is 9.10. The number of hydrogen-bond acceptors (Lipinski definition) is 6. The maximum Gasteiger partial charge on any atom is 0.416 e. The molecular formula is C17H17BrF2N4O3. The molecule has 27 heavy (non-hydrogen) atoms. The van der Waals surface area contributed by atoms with Crippen LogP contribution in [0.2, 0.25) is 0 Å². The summed E-state index contributed by atoms with van der Waals surface area (Å²) in [5, 5.41) is 12.8. The minimum atomic E-state index is -0.938. The first kappa shape index (κ1) is 19.4. The van der Waals surface area contributed by atoms with Crippen LogP contribution in [-0.2, 0) is 4.74 Å². The molecule has 0 saturated carbocycles. The maximum atomic E-state index is 14.3. The number of halogens is 3. The highest BCUT2D eigenvalue weighted by Gasteiger charge is 2.39. The van der Waals surface area contributed by atoms with Gasteiger partial charge < -0.3 is 15.2 Å². The van der Waals surface area contributed by atoms with Gasteiger partial charge in [-0.15, -0.1) is 0 Å². The van der Waals surface area contributed by atoms with Gasteiger partial charge in [-0.3, -0.25) is 0 Å². The molecule has 2 aromatic rings. The molecule has 0 spiro atoms. The lowest BCUT2D eigenvalue weighted by molar-refractivity contribution is 0.142. The SMILES string of the molecule is C[C@H](Nc1ncc(F)c(N2C(=O)OCC2[C@@H](C)O)n1)c1ccc(Br)c(F)c1. The van der Waals surface area contributed by atoms with Crippen LogP contribution in [-0.4, -0.2) is 39.9 Å². The lowest BCUT2D eigenvalue weighted by atomic mass is 10.1. The number of aliphatic hydroxyl groups excluding tert-OH is 1. The lowest BCUT2D eigenvalue weighted by Crippen LogP contribution is -2.42. The van der Waals surface area contributed by atoms with E-state index in [9.17, 15) is 18.7 Å². The van der Waals surface area contributed by atoms with Crippen molar-refractivity contribution in [3.05, 3.63) is 46.1 Å². The van der Waals surface area contributed by atoms with Crippen molar-refractivity contribution in [2.45, 2.75) is 32.0 Å². The quantitative estimate of drug-likeness (QED) is 0.737. The summed E-state index contributed by atoms with van der Waals surface area (Å²) in [4.78, 5) is 20.9. The zero-order chi connectivity index (χ0) is 19.7. The summed E-state index contributed by atoms with van der Waals surface area (Å²) < 4.78 is 33.2. The fourth-order valence-corrected chi connectivity index (χ4v) is 2.94. The Balaban J connectivity index is 1.86. The predicted octanol–water partition coefficient (Wildman–Crippen LogP) is 3.40. The van der Waals surface area contributed by atoms with Crippen LogP contribution in [0.15, 0.2) is 28.9 Å². The number of amides is 1. The van der Waals surface area contributed by atoms with E-state index in [0.717, 1.165) is 11.1 Å². The number of anilines is 2. The molecule has 1 amide bonds. The van der Waals surface area contributed by atoms with Crippen molar-refractivity contribution < 1.29 is 23.4 Å². The van der Waals surface area contributed by atoms with Gasteiger partial charge in [0, 0.05) is 0 Å². The summed E-state index contributed by atoms with van der Waals surface area (Å²) in [5.74, 6) is -1.49. The molecule has 1 saturated heterocycles. The monoisotopic (exact) mass is 442 g/mol. The molecule has 2 heterocycles. The third-order valence-electron chi connectivity index (χ3n) is 4.21. The van der Waals surface area contributed by atoms with E-state index in [1.165, 1.54) is 13.0 Å². The Morgan fingerprint density at radius 2 is 2.11 bits per heavy atom. The Kier molecular flexibility index (Phi) is 5.56. The first-order chi connectivity index (χ1) is 12.8. The van der Waals surface area contributed by atoms with E-state index in [-0.39, 0.29) is 24.4 Å². The maximum absolute atomic E-state index is 14.3. The zero-order valence-electron chi connectivity index (χ0n) is 14.5. The largest absolute Gasteiger partial charge is 0.447 e. The molecule has 1 aromatic carbocycles. The molecule has 1 aromatic heterocycles. The van der Waals surface area contributed by atoms with Gasteiger partial charge in [0.05, 0.1) is 22.8 Å². The van der Waals surface area contributed by atoms with E-state index < -0.39 is 29.9 Å². The molecule has 3 atom stereocenters. The Labute approximate surface area is 162 Å². The molecule has 1 unspecified atom stereocenters. The molecule has 2 N–H and O–H groups in total. The zero-order valence-corrected chi connectivity index (χ0v) is 16.1. The average molecular weight is 443 g/mol. The summed E-state index contributed by atoms with van der Waals surface area (Å²) in [5.41, 5.74) is 0.632. The molecule has 0 bridgehead atoms. The van der Waals surface area contributed by atoms with Crippen molar-refractivity contribution in [2.24, 2.45) is 0 Å². The number of aromatic nitrogens is 2. The molecule has 0 aliphatic carbocycles. The average Bonchev–Trinajstić information content (AvgIpc) is 3.00. The summed E-state index contributed by atoms with van der Waals surface area (Å²) >= 11 is 3.09. The summed E-state index contributed by atoms with van der Waals surface area (Å²) in [7, 11) is 0. The number of ether oxygens (including phenoxy) is 1. The number of rotatable bonds is 5. The molecule has 1 fully saturated rings. The van der Waals surface area contributed by atoms with E-state index in [1.807, 2.05) is 0 Å². The standard InChI is InChI=1S/C17H17BrF2N4O3/c1-8(10-3-4-11(18)12(19)5-10)22-16-21-6-13(20)15(23-16)24-14(9(2)25)7-27-17(24)26/h3-6,8-9,14,25H,7H2,1-2H3,(H,21,22,23)/t8-,9+,14?/m0/s1. The molecular weight excluding hydrogens is 426 g/mol. The molecule has 10 heteroatoms. The molecule has 0 radical (unpaired) electrons. The number of nitrogens with zero attached hydrogens (tertiary/aromatic N) is 3. The number of hydrogen-bond donors (Lipinski definition) is 2. The molecule has 1 aliphatic heterocycles. The van der Waals surface area contributed by atoms with Crippen LogP contribution in [0.4, 0.5) is 25.3 Å². The number of cyclic esters (lactones) is 1. The smallest absolute Gasteiger partial charge is 0.416 e. The van der Waals surface area contributed by atoms with Crippen molar-refractivity contribution in [2.75, 3.05) is 16.8 Å². The number of aliphatic hydroxyl groups is 1. The highest BCUT2D eigenvalue weighted by Crippen LogP contribution is 2.28. The van der Waals surface area contributed by atoms with Gasteiger partial charge in [0.15, 0.2) is 11.6 Å². The van der Waals surface area contributed by atoms with Gasteiger partial charge in [0.25, 0.3) is 0 Å². The van der Waals surface area contributed by atoms with E-state index in [2.05, 4.69) is 31.2 Å². The third-order valence-corrected chi connectivity index (χ3v) is 4.85. The van der Waals surface area contributed by atoms with Crippen LogP contribution in [0.25, 0.3) is 0 Å². The van der Waals surface area contributed by atoms with Crippen LogP contribution >= 0.6 is 15.9 Å². The van der Waals surface area contributed by atoms with Crippen molar-refractivity contribution in [1.82, 2.24) is 9.97 Å². The van der Waals surface area contributed by atoms with Crippen molar-refractivity contribution >= 4 is 33.8 Å². The lowest BCUT2D eigenvalue weighted by Gasteiger charge is -2.23. The second-order valence-corrected chi connectivity index (χ2v) is 7.01. The number of benzene rings is 1. The summed E-state index contributed by atoms with van der Waals surface area (Å²) in [6.45, 7) is 3.16. The van der Waals surface area contributed by atoms with Gasteiger partial charge in [0.2, 0.25) is 5.95 Å². The first-order valence-electron chi connectivity index (χ1n) is 8.16. The van der Waals surface area contributed by atoms with Gasteiger partial charge in [-0.2, -0.15) is 4.98 Å².